The van der Waals surface area contributed by atoms with Crippen molar-refractivity contribution in [1.29, 1.82) is 0 Å². The number of aromatic nitrogens is 1. The van der Waals surface area contributed by atoms with Gasteiger partial charge in [-0.05, 0) is 55.1 Å². The van der Waals surface area contributed by atoms with Crippen molar-refractivity contribution in [3.05, 3.63) is 76.3 Å². The van der Waals surface area contributed by atoms with Crippen LogP contribution in [0.15, 0.2) is 59.4 Å². The maximum atomic E-state index is 13.6. The molecule has 0 radical (unpaired) electrons. The average Bonchev–Trinajstić information content (AvgIpc) is 2.72. The van der Waals surface area contributed by atoms with Crippen LogP contribution in [0, 0.1) is 5.82 Å². The van der Waals surface area contributed by atoms with E-state index in [0.717, 1.165) is 0 Å². The summed E-state index contributed by atoms with van der Waals surface area (Å²) in [5.41, 5.74) is 1.59. The number of halogens is 1. The number of hydrogen-bond donors (Lipinski definition) is 1. The Balaban J connectivity index is 2.21. The molecule has 3 aromatic rings. The Bertz CT molecular complexity index is 1240. The lowest BCUT2D eigenvalue weighted by Gasteiger charge is -2.21. The van der Waals surface area contributed by atoms with Crippen LogP contribution in [0.25, 0.3) is 28.1 Å². The minimum Gasteiger partial charge on any atom is -0.550 e. The van der Waals surface area contributed by atoms with E-state index in [9.17, 15) is 29.0 Å². The third-order valence-electron chi connectivity index (χ3n) is 5.06. The maximum Gasteiger partial charge on any atom is 0.259 e. The SMILES string of the molecule is CC(C)n1c(-c2ccc(F)cc2)c(/C=C/C(O)CC(=O)CC(=O)[O-])c2ccccc2c1=O. The summed E-state index contributed by atoms with van der Waals surface area (Å²) >= 11 is 0. The van der Waals surface area contributed by atoms with Gasteiger partial charge >= 0.3 is 0 Å². The molecule has 3 rings (SSSR count). The first-order chi connectivity index (χ1) is 15.2. The van der Waals surface area contributed by atoms with Crippen molar-refractivity contribution in [3.63, 3.8) is 0 Å². The Kier molecular flexibility index (Phi) is 7.00. The molecule has 6 nitrogen and oxygen atoms in total. The van der Waals surface area contributed by atoms with Gasteiger partial charge in [-0.1, -0.05) is 30.4 Å². The highest BCUT2D eigenvalue weighted by atomic mass is 19.1. The van der Waals surface area contributed by atoms with Crippen molar-refractivity contribution in [2.75, 3.05) is 0 Å². The average molecular weight is 436 g/mol. The molecule has 0 saturated heterocycles. The predicted molar refractivity (Wildman–Crippen MR) is 118 cm³/mol. The van der Waals surface area contributed by atoms with Crippen molar-refractivity contribution in [3.8, 4) is 11.3 Å². The van der Waals surface area contributed by atoms with Crippen LogP contribution in [0.5, 0.6) is 0 Å². The summed E-state index contributed by atoms with van der Waals surface area (Å²) in [6, 6.07) is 12.6. The molecule has 32 heavy (non-hydrogen) atoms. The Morgan fingerprint density at radius 2 is 1.72 bits per heavy atom. The lowest BCUT2D eigenvalue weighted by molar-refractivity contribution is -0.304. The first-order valence-electron chi connectivity index (χ1n) is 10.2. The molecule has 0 aliphatic heterocycles. The first kappa shape index (κ1) is 23.1. The number of carboxylic acids is 1. The van der Waals surface area contributed by atoms with E-state index in [0.29, 0.717) is 27.6 Å². The van der Waals surface area contributed by atoms with Gasteiger partial charge in [0.15, 0.2) is 0 Å². The number of carbonyl (C=O) groups excluding carboxylic acids is 2. The molecule has 1 N–H and O–H groups in total. The zero-order chi connectivity index (χ0) is 23.4. The summed E-state index contributed by atoms with van der Waals surface area (Å²) in [6.07, 6.45) is 0.624. The molecule has 0 spiro atoms. The predicted octanol–water partition coefficient (Wildman–Crippen LogP) is 2.86. The molecule has 0 saturated carbocycles. The molecule has 1 heterocycles. The number of fused-ring (bicyclic) bond motifs is 1. The van der Waals surface area contributed by atoms with E-state index in [-0.39, 0.29) is 18.0 Å². The van der Waals surface area contributed by atoms with Crippen molar-refractivity contribution in [1.82, 2.24) is 4.57 Å². The van der Waals surface area contributed by atoms with Crippen molar-refractivity contribution in [2.24, 2.45) is 0 Å². The van der Waals surface area contributed by atoms with Gasteiger partial charge in [0.2, 0.25) is 0 Å². The van der Waals surface area contributed by atoms with Gasteiger partial charge in [-0.2, -0.15) is 0 Å². The zero-order valence-electron chi connectivity index (χ0n) is 17.7. The van der Waals surface area contributed by atoms with Crippen LogP contribution in [0.1, 0.15) is 38.3 Å². The van der Waals surface area contributed by atoms with Crippen LogP contribution >= 0.6 is 0 Å². The fourth-order valence-electron chi connectivity index (χ4n) is 3.70. The largest absolute Gasteiger partial charge is 0.550 e. The number of ketones is 1. The summed E-state index contributed by atoms with van der Waals surface area (Å²) in [7, 11) is 0. The van der Waals surface area contributed by atoms with Crippen LogP contribution < -0.4 is 10.7 Å². The number of aliphatic hydroxyl groups is 1. The number of nitrogens with zero attached hydrogens (tertiary/aromatic N) is 1. The van der Waals surface area contributed by atoms with Crippen molar-refractivity contribution >= 4 is 28.6 Å². The van der Waals surface area contributed by atoms with E-state index in [4.69, 9.17) is 0 Å². The Hall–Kier alpha value is -3.58. The minimum absolute atomic E-state index is 0.197. The summed E-state index contributed by atoms with van der Waals surface area (Å²) < 4.78 is 15.2. The van der Waals surface area contributed by atoms with Gasteiger partial charge in [0.1, 0.15) is 11.6 Å². The second-order valence-electron chi connectivity index (χ2n) is 7.80. The second kappa shape index (κ2) is 9.70. The Morgan fingerprint density at radius 1 is 1.09 bits per heavy atom. The fraction of sp³-hybridized carbons (Fsp3) is 0.240. The highest BCUT2D eigenvalue weighted by Crippen LogP contribution is 2.32. The van der Waals surface area contributed by atoms with Crippen molar-refractivity contribution in [2.45, 2.75) is 38.8 Å². The number of pyridine rings is 1. The number of rotatable bonds is 8. The van der Waals surface area contributed by atoms with Gasteiger partial charge in [-0.3, -0.25) is 9.59 Å². The van der Waals surface area contributed by atoms with Crippen LogP contribution in [0.4, 0.5) is 4.39 Å². The Labute approximate surface area is 184 Å². The van der Waals surface area contributed by atoms with E-state index < -0.39 is 30.1 Å². The normalized spacial score (nSPS) is 12.5. The van der Waals surface area contributed by atoms with E-state index >= 15 is 0 Å². The number of aliphatic hydroxyl groups excluding tert-OH is 1. The van der Waals surface area contributed by atoms with Crippen LogP contribution in [0.3, 0.4) is 0 Å². The highest BCUT2D eigenvalue weighted by molar-refractivity contribution is 5.96. The molecule has 1 unspecified atom stereocenters. The molecular formula is C25H23FNO5-. The first-order valence-corrected chi connectivity index (χ1v) is 10.2. The van der Waals surface area contributed by atoms with Gasteiger partial charge in [-0.25, -0.2) is 4.39 Å². The lowest BCUT2D eigenvalue weighted by atomic mass is 9.97. The number of carbonyl (C=O) groups is 2. The smallest absolute Gasteiger partial charge is 0.259 e. The number of carboxylic acid groups (broad SMARTS) is 1. The molecule has 0 aliphatic carbocycles. The van der Waals surface area contributed by atoms with E-state index in [1.54, 1.807) is 47.0 Å². The van der Waals surface area contributed by atoms with Crippen LogP contribution in [0.2, 0.25) is 0 Å². The summed E-state index contributed by atoms with van der Waals surface area (Å²) in [5.74, 6) is -2.57. The van der Waals surface area contributed by atoms with Crippen LogP contribution in [-0.2, 0) is 9.59 Å². The van der Waals surface area contributed by atoms with Gasteiger partial charge in [0.25, 0.3) is 5.56 Å². The van der Waals surface area contributed by atoms with E-state index in [2.05, 4.69) is 0 Å². The molecule has 2 aromatic carbocycles. The van der Waals surface area contributed by atoms with E-state index in [1.165, 1.54) is 18.2 Å². The molecule has 1 atom stereocenters. The standard InChI is InChI=1S/C25H24FNO5/c1-15(2)27-24(16-7-9-17(26)10-8-16)21(20-5-3-4-6-22(20)25(27)32)12-11-18(28)13-19(29)14-23(30)31/h3-12,15,18,28H,13-14H2,1-2H3,(H,30,31)/p-1/b12-11+. The molecule has 7 heteroatoms. The quantitative estimate of drug-likeness (QED) is 0.548. The highest BCUT2D eigenvalue weighted by Gasteiger charge is 2.19. The van der Waals surface area contributed by atoms with Crippen LogP contribution in [-0.4, -0.2) is 27.5 Å². The second-order valence-corrected chi connectivity index (χ2v) is 7.80. The molecule has 0 aliphatic rings. The molecule has 166 valence electrons. The third-order valence-corrected chi connectivity index (χ3v) is 5.06. The molecule has 0 fully saturated rings. The van der Waals surface area contributed by atoms with Gasteiger partial charge in [-0.15, -0.1) is 0 Å². The molecule has 1 aromatic heterocycles. The number of benzene rings is 2. The topological polar surface area (TPSA) is 99.4 Å². The summed E-state index contributed by atoms with van der Waals surface area (Å²) in [4.78, 5) is 35.6. The minimum atomic E-state index is -1.50. The summed E-state index contributed by atoms with van der Waals surface area (Å²) in [6.45, 7) is 3.73. The number of aliphatic carboxylic acids is 1. The van der Waals surface area contributed by atoms with E-state index in [1.807, 2.05) is 13.8 Å². The number of Topliss-reactive ketones (excluding diaryl/α,β-unsaturated/α-hetero) is 1. The number of hydrogen-bond acceptors (Lipinski definition) is 5. The fourth-order valence-corrected chi connectivity index (χ4v) is 3.70. The lowest BCUT2D eigenvalue weighted by Crippen LogP contribution is -2.26. The maximum absolute atomic E-state index is 13.6. The molecule has 0 amide bonds. The zero-order valence-corrected chi connectivity index (χ0v) is 17.7. The Morgan fingerprint density at radius 3 is 2.31 bits per heavy atom. The summed E-state index contributed by atoms with van der Waals surface area (Å²) in [5, 5.41) is 22.0. The van der Waals surface area contributed by atoms with Gasteiger partial charge in [0, 0.05) is 35.8 Å². The molecular weight excluding hydrogens is 413 g/mol. The third kappa shape index (κ3) is 5.00. The molecule has 0 bridgehead atoms. The monoisotopic (exact) mass is 436 g/mol. The van der Waals surface area contributed by atoms with Crippen molar-refractivity contribution < 1.29 is 24.2 Å². The van der Waals surface area contributed by atoms with Gasteiger partial charge in [0.05, 0.1) is 11.8 Å². The van der Waals surface area contributed by atoms with Gasteiger partial charge < -0.3 is 19.6 Å².